The van der Waals surface area contributed by atoms with Crippen LogP contribution in [0.1, 0.15) is 47.8 Å². The molecule has 2 aliphatic heterocycles. The number of hydrogen-bond donors (Lipinski definition) is 2. The van der Waals surface area contributed by atoms with Crippen LogP contribution in [0.15, 0.2) is 72.0 Å². The van der Waals surface area contributed by atoms with E-state index in [4.69, 9.17) is 10.7 Å². The van der Waals surface area contributed by atoms with Crippen LogP contribution in [-0.4, -0.2) is 67.3 Å². The molecule has 1 amide bonds. The molecular weight excluding hydrogens is 540 g/mol. The Labute approximate surface area is 236 Å². The van der Waals surface area contributed by atoms with Crippen molar-refractivity contribution >= 4 is 27.2 Å². The number of benzene rings is 1. The highest BCUT2D eigenvalue weighted by molar-refractivity contribution is 7.91. The zero-order valence-corrected chi connectivity index (χ0v) is 23.1. The first kappa shape index (κ1) is 25.4. The molecule has 2 aliphatic rings. The topological polar surface area (TPSA) is 152 Å². The molecule has 0 radical (unpaired) electrons. The first-order valence-electron chi connectivity index (χ1n) is 13.5. The maximum absolute atomic E-state index is 13.2. The van der Waals surface area contributed by atoms with Crippen LogP contribution in [0, 0.1) is 0 Å². The summed E-state index contributed by atoms with van der Waals surface area (Å²) in [5.74, 6) is -0.225. The molecule has 208 valence electrons. The van der Waals surface area contributed by atoms with Gasteiger partial charge in [-0.1, -0.05) is 36.4 Å². The first-order valence-corrected chi connectivity index (χ1v) is 15.4. The number of rotatable bonds is 5. The van der Waals surface area contributed by atoms with Gasteiger partial charge in [0.25, 0.3) is 5.91 Å². The number of nitrogens with two attached hydrogens (primary N) is 1. The lowest BCUT2D eigenvalue weighted by Crippen LogP contribution is -2.46. The Morgan fingerprint density at radius 2 is 1.76 bits per heavy atom. The molecule has 41 heavy (non-hydrogen) atoms. The van der Waals surface area contributed by atoms with E-state index in [0.717, 1.165) is 35.9 Å². The highest BCUT2D eigenvalue weighted by Gasteiger charge is 2.45. The van der Waals surface area contributed by atoms with Crippen molar-refractivity contribution < 1.29 is 13.2 Å². The molecule has 1 aromatic carbocycles. The number of nitrogens with zero attached hydrogens (tertiary/aromatic N) is 6. The number of carbonyl (C=O) groups excluding carboxylic acids is 1. The minimum atomic E-state index is -3.73. The Balaban J connectivity index is 1.29. The number of carbonyl (C=O) groups is 1. The van der Waals surface area contributed by atoms with Gasteiger partial charge in [-0.2, -0.15) is 14.7 Å². The maximum atomic E-state index is 13.2. The highest BCUT2D eigenvalue weighted by atomic mass is 32.2. The second-order valence-electron chi connectivity index (χ2n) is 10.8. The summed E-state index contributed by atoms with van der Waals surface area (Å²) in [5.41, 5.74) is 11.2. The van der Waals surface area contributed by atoms with Crippen LogP contribution in [0.5, 0.6) is 0 Å². The Bertz CT molecular complexity index is 1850. The number of nitrogens with one attached hydrogen (secondary N) is 1. The van der Waals surface area contributed by atoms with Gasteiger partial charge in [0.15, 0.2) is 15.5 Å². The second-order valence-corrected chi connectivity index (χ2v) is 12.8. The Morgan fingerprint density at radius 3 is 2.39 bits per heavy atom. The van der Waals surface area contributed by atoms with E-state index < -0.39 is 9.84 Å². The summed E-state index contributed by atoms with van der Waals surface area (Å²) >= 11 is 0. The third-order valence-electron chi connectivity index (χ3n) is 8.26. The fourth-order valence-electron chi connectivity index (χ4n) is 6.46. The van der Waals surface area contributed by atoms with Gasteiger partial charge in [-0.25, -0.2) is 13.4 Å². The van der Waals surface area contributed by atoms with Crippen molar-refractivity contribution in [3.63, 3.8) is 0 Å². The van der Waals surface area contributed by atoms with E-state index in [1.54, 1.807) is 24.7 Å². The van der Waals surface area contributed by atoms with Gasteiger partial charge < -0.3 is 10.6 Å². The number of amides is 1. The number of hydrogen-bond acceptors (Lipinski definition) is 8. The molecule has 0 aliphatic carbocycles. The fourth-order valence-corrected chi connectivity index (χ4v) is 7.52. The number of H-pyrrole nitrogens is 1. The summed E-state index contributed by atoms with van der Waals surface area (Å²) in [6.45, 7) is 0. The van der Waals surface area contributed by atoms with E-state index in [1.165, 1.54) is 4.52 Å². The van der Waals surface area contributed by atoms with Crippen LogP contribution in [0.2, 0.25) is 0 Å². The lowest BCUT2D eigenvalue weighted by molar-refractivity contribution is 0.0562. The van der Waals surface area contributed by atoms with Crippen molar-refractivity contribution in [1.29, 1.82) is 0 Å². The van der Waals surface area contributed by atoms with Crippen LogP contribution >= 0.6 is 0 Å². The zero-order chi connectivity index (χ0) is 28.3. The van der Waals surface area contributed by atoms with E-state index >= 15 is 0 Å². The molecule has 3 N–H and O–H groups in total. The van der Waals surface area contributed by atoms with Gasteiger partial charge in [0, 0.05) is 53.3 Å². The van der Waals surface area contributed by atoms with Gasteiger partial charge in [0.05, 0.1) is 17.6 Å². The van der Waals surface area contributed by atoms with Gasteiger partial charge >= 0.3 is 0 Å². The number of nitrogen functional groups attached to an aromatic ring is 1. The first-order chi connectivity index (χ1) is 19.8. The summed E-state index contributed by atoms with van der Waals surface area (Å²) in [4.78, 5) is 24.7. The van der Waals surface area contributed by atoms with Crippen molar-refractivity contribution in [3.05, 3.63) is 78.5 Å². The fraction of sp³-hybridized carbons (Fsp3) is 0.276. The molecule has 5 aromatic rings. The molecule has 11 nitrogen and oxygen atoms in total. The maximum Gasteiger partial charge on any atom is 0.272 e. The van der Waals surface area contributed by atoms with Crippen LogP contribution < -0.4 is 5.73 Å². The molecule has 0 spiro atoms. The lowest BCUT2D eigenvalue weighted by Gasteiger charge is -2.39. The molecule has 2 saturated heterocycles. The lowest BCUT2D eigenvalue weighted by atomic mass is 9.87. The van der Waals surface area contributed by atoms with Crippen molar-refractivity contribution in [3.8, 4) is 22.4 Å². The predicted molar refractivity (Wildman–Crippen MR) is 153 cm³/mol. The monoisotopic (exact) mass is 568 g/mol. The van der Waals surface area contributed by atoms with Crippen molar-refractivity contribution in [1.82, 2.24) is 34.7 Å². The number of fused-ring (bicyclic) bond motifs is 3. The average molecular weight is 569 g/mol. The number of sulfone groups is 1. The summed E-state index contributed by atoms with van der Waals surface area (Å²) in [7, 11) is -3.73. The third-order valence-corrected chi connectivity index (χ3v) is 9.42. The van der Waals surface area contributed by atoms with E-state index in [0.29, 0.717) is 35.4 Å². The van der Waals surface area contributed by atoms with Gasteiger partial charge in [0.2, 0.25) is 0 Å². The summed E-state index contributed by atoms with van der Waals surface area (Å²) in [5, 5.41) is 11.1. The zero-order valence-electron chi connectivity index (χ0n) is 22.3. The van der Waals surface area contributed by atoms with Gasteiger partial charge in [-0.3, -0.25) is 14.9 Å². The van der Waals surface area contributed by atoms with E-state index in [1.807, 2.05) is 47.4 Å². The summed E-state index contributed by atoms with van der Waals surface area (Å²) in [6.07, 6.45) is 9.02. The Morgan fingerprint density at radius 1 is 1.00 bits per heavy atom. The SMILES string of the molecule is CS(=O)(=O)c1c(C2CC3CCC(C2)N3C(=O)c2ccn[nH]2)nc2c(-c3ccc(-c4ccccc4)nc3)cnn2c1N. The third kappa shape index (κ3) is 4.26. The standard InChI is InChI=1S/C29H28N8O3S/c1-41(39,40)26-25(19-13-20-8-9-21(14-19)36(20)29(38)24-11-12-32-35-24)34-28-22(16-33-37(28)27(26)30)18-7-10-23(31-15-18)17-5-3-2-4-6-17/h2-7,10-12,15-16,19-21H,8-9,13-14,30H2,1H3,(H,32,35). The number of aromatic nitrogens is 6. The van der Waals surface area contributed by atoms with E-state index in [2.05, 4.69) is 20.3 Å². The minimum Gasteiger partial charge on any atom is -0.382 e. The van der Waals surface area contributed by atoms with Crippen LogP contribution in [0.3, 0.4) is 0 Å². The molecule has 2 unspecified atom stereocenters. The largest absolute Gasteiger partial charge is 0.382 e. The molecule has 12 heteroatoms. The molecule has 2 fully saturated rings. The number of pyridine rings is 1. The average Bonchev–Trinajstić information content (AvgIpc) is 3.71. The van der Waals surface area contributed by atoms with Gasteiger partial charge in [-0.05, 0) is 37.8 Å². The molecule has 0 saturated carbocycles. The molecule has 6 heterocycles. The Kier molecular flexibility index (Phi) is 5.89. The minimum absolute atomic E-state index is 0.00921. The summed E-state index contributed by atoms with van der Waals surface area (Å²) < 4.78 is 27.5. The normalized spacial score (nSPS) is 20.5. The summed E-state index contributed by atoms with van der Waals surface area (Å²) in [6, 6.07) is 15.4. The van der Waals surface area contributed by atoms with Crippen LogP contribution in [0.25, 0.3) is 28.0 Å². The van der Waals surface area contributed by atoms with E-state index in [-0.39, 0.29) is 34.6 Å². The van der Waals surface area contributed by atoms with Gasteiger partial charge in [-0.15, -0.1) is 0 Å². The molecule has 7 rings (SSSR count). The number of aromatic amines is 1. The molecule has 2 atom stereocenters. The Hall–Kier alpha value is -4.58. The van der Waals surface area contributed by atoms with Crippen molar-refractivity contribution in [2.24, 2.45) is 0 Å². The molecule has 4 aromatic heterocycles. The smallest absolute Gasteiger partial charge is 0.272 e. The number of piperidine rings is 1. The van der Waals surface area contributed by atoms with Crippen LogP contribution in [-0.2, 0) is 9.84 Å². The predicted octanol–water partition coefficient (Wildman–Crippen LogP) is 3.72. The molecule has 2 bridgehead atoms. The van der Waals surface area contributed by atoms with Crippen LogP contribution in [0.4, 0.5) is 5.82 Å². The quantitative estimate of drug-likeness (QED) is 0.325. The van der Waals surface area contributed by atoms with Crippen molar-refractivity contribution in [2.45, 2.75) is 48.6 Å². The molecular formula is C29H28N8O3S. The van der Waals surface area contributed by atoms with Crippen molar-refractivity contribution in [2.75, 3.05) is 12.0 Å². The van der Waals surface area contributed by atoms with Gasteiger partial charge in [0.1, 0.15) is 16.4 Å². The number of anilines is 1. The van der Waals surface area contributed by atoms with E-state index in [9.17, 15) is 13.2 Å². The highest BCUT2D eigenvalue weighted by Crippen LogP contribution is 2.45. The second kappa shape index (κ2) is 9.51.